The van der Waals surface area contributed by atoms with Crippen molar-refractivity contribution in [3.63, 3.8) is 0 Å². The molecule has 1 aliphatic heterocycles. The topological polar surface area (TPSA) is 16.9 Å². The van der Waals surface area contributed by atoms with E-state index in [0.29, 0.717) is 5.92 Å². The van der Waals surface area contributed by atoms with Crippen LogP contribution < -0.4 is 4.74 Å². The van der Waals surface area contributed by atoms with Gasteiger partial charge in [0.1, 0.15) is 5.75 Å². The van der Waals surface area contributed by atoms with Gasteiger partial charge in [-0.2, -0.15) is 0 Å². The minimum atomic E-state index is 0.566. The molecule has 1 saturated heterocycles. The van der Waals surface area contributed by atoms with Crippen molar-refractivity contribution in [3.8, 4) is 5.75 Å². The number of fused-ring (bicyclic) bond motifs is 5. The van der Waals surface area contributed by atoms with Crippen LogP contribution in [0.3, 0.4) is 0 Å². The first-order chi connectivity index (χ1) is 11.8. The highest BCUT2D eigenvalue weighted by atomic mass is 32.1. The van der Waals surface area contributed by atoms with E-state index in [1.54, 1.807) is 7.11 Å². The average Bonchev–Trinajstić information content (AvgIpc) is 3.27. The molecule has 2 aromatic carbocycles. The van der Waals surface area contributed by atoms with E-state index >= 15 is 0 Å². The number of hydrogen-bond donors (Lipinski definition) is 0. The largest absolute Gasteiger partial charge is 0.496 e. The van der Waals surface area contributed by atoms with Crippen LogP contribution in [0, 0.1) is 0 Å². The van der Waals surface area contributed by atoms with Crippen molar-refractivity contribution in [2.45, 2.75) is 12.3 Å². The molecule has 2 aromatic heterocycles. The lowest BCUT2D eigenvalue weighted by Crippen LogP contribution is -2.13. The molecule has 1 fully saturated rings. The Morgan fingerprint density at radius 1 is 1.12 bits per heavy atom. The van der Waals surface area contributed by atoms with E-state index in [1.165, 1.54) is 45.0 Å². The molecule has 0 N–H and O–H groups in total. The minimum absolute atomic E-state index is 0.566. The first kappa shape index (κ1) is 14.3. The molecule has 5 rings (SSSR count). The van der Waals surface area contributed by atoms with E-state index in [1.807, 2.05) is 11.5 Å². The van der Waals surface area contributed by atoms with Crippen LogP contribution in [0.5, 0.6) is 5.75 Å². The van der Waals surface area contributed by atoms with E-state index in [-0.39, 0.29) is 0 Å². The van der Waals surface area contributed by atoms with E-state index in [2.05, 4.69) is 58.2 Å². The van der Waals surface area contributed by atoms with E-state index in [4.69, 9.17) is 4.74 Å². The Hall–Kier alpha value is -2.04. The highest BCUT2D eigenvalue weighted by Gasteiger charge is 2.29. The second-order valence-electron chi connectivity index (χ2n) is 6.75. The summed E-state index contributed by atoms with van der Waals surface area (Å²) < 4.78 is 9.51. The molecular weight excluding hydrogens is 316 g/mol. The van der Waals surface area contributed by atoms with E-state index in [9.17, 15) is 0 Å². The van der Waals surface area contributed by atoms with Gasteiger partial charge in [-0.15, -0.1) is 0 Å². The number of aromatic nitrogens is 1. The summed E-state index contributed by atoms with van der Waals surface area (Å²) in [6.07, 6.45) is 1.22. The third-order valence-electron chi connectivity index (χ3n) is 5.30. The molecule has 1 atom stereocenters. The van der Waals surface area contributed by atoms with Crippen LogP contribution in [-0.4, -0.2) is 35.9 Å². The van der Waals surface area contributed by atoms with Crippen LogP contribution in [0.4, 0.5) is 0 Å². The van der Waals surface area contributed by atoms with Gasteiger partial charge in [0.15, 0.2) is 0 Å². The maximum atomic E-state index is 5.74. The van der Waals surface area contributed by atoms with Crippen LogP contribution in [0.25, 0.3) is 26.5 Å². The van der Waals surface area contributed by atoms with Crippen molar-refractivity contribution in [1.82, 2.24) is 8.69 Å². The summed E-state index contributed by atoms with van der Waals surface area (Å²) in [5.41, 5.74) is 4.13. The Kier molecular flexibility index (Phi) is 3.12. The van der Waals surface area contributed by atoms with Gasteiger partial charge in [-0.05, 0) is 43.8 Å². The molecule has 3 heterocycles. The van der Waals surface area contributed by atoms with Gasteiger partial charge in [0.05, 0.1) is 22.8 Å². The van der Waals surface area contributed by atoms with Crippen molar-refractivity contribution in [2.75, 3.05) is 27.2 Å². The highest BCUT2D eigenvalue weighted by Crippen LogP contribution is 2.45. The summed E-state index contributed by atoms with van der Waals surface area (Å²) in [4.78, 5) is 2.43. The number of nitrogens with zero attached hydrogens (tertiary/aromatic N) is 2. The molecule has 1 aliphatic rings. The molecule has 0 aliphatic carbocycles. The third kappa shape index (κ3) is 1.87. The molecule has 0 saturated carbocycles. The number of methoxy groups -OCH3 is 1. The molecule has 3 nitrogen and oxygen atoms in total. The summed E-state index contributed by atoms with van der Waals surface area (Å²) in [6.45, 7) is 2.29. The first-order valence-electron chi connectivity index (χ1n) is 8.45. The number of likely N-dealkylation sites (N-methyl/N-ethyl adjacent to an activating group) is 1. The van der Waals surface area contributed by atoms with Gasteiger partial charge in [-0.25, -0.2) is 0 Å². The summed E-state index contributed by atoms with van der Waals surface area (Å²) >= 11 is 1.84. The zero-order valence-corrected chi connectivity index (χ0v) is 14.8. The molecular formula is C20H20N2OS. The van der Waals surface area contributed by atoms with Crippen LogP contribution >= 0.6 is 11.5 Å². The fourth-order valence-corrected chi connectivity index (χ4v) is 5.37. The van der Waals surface area contributed by atoms with Gasteiger partial charge < -0.3 is 9.64 Å². The van der Waals surface area contributed by atoms with Gasteiger partial charge in [0.2, 0.25) is 0 Å². The summed E-state index contributed by atoms with van der Waals surface area (Å²) in [7, 11) is 4.00. The quantitative estimate of drug-likeness (QED) is 0.526. The van der Waals surface area contributed by atoms with Crippen LogP contribution in [0.2, 0.25) is 0 Å². The van der Waals surface area contributed by atoms with Crippen LogP contribution in [-0.2, 0) is 0 Å². The van der Waals surface area contributed by atoms with Gasteiger partial charge in [-0.3, -0.25) is 3.79 Å². The van der Waals surface area contributed by atoms with Crippen molar-refractivity contribution in [1.29, 1.82) is 0 Å². The number of likely N-dealkylation sites (tertiary alicyclic amines) is 1. The lowest BCUT2D eigenvalue weighted by atomic mass is 9.94. The fourth-order valence-electron chi connectivity index (χ4n) is 4.24. The fraction of sp³-hybridized carbons (Fsp3) is 0.300. The number of benzene rings is 2. The lowest BCUT2D eigenvalue weighted by molar-refractivity contribution is 0.411. The second-order valence-corrected chi connectivity index (χ2v) is 7.73. The predicted molar refractivity (Wildman–Crippen MR) is 102 cm³/mol. The van der Waals surface area contributed by atoms with Gasteiger partial charge >= 0.3 is 0 Å². The van der Waals surface area contributed by atoms with Crippen molar-refractivity contribution < 1.29 is 4.74 Å². The summed E-state index contributed by atoms with van der Waals surface area (Å²) in [5.74, 6) is 1.56. The molecule has 4 aromatic rings. The Morgan fingerprint density at radius 3 is 2.79 bits per heavy atom. The number of rotatable bonds is 2. The van der Waals surface area contributed by atoms with E-state index in [0.717, 1.165) is 12.3 Å². The zero-order chi connectivity index (χ0) is 16.3. The van der Waals surface area contributed by atoms with Gasteiger partial charge in [-0.1, -0.05) is 35.8 Å². The van der Waals surface area contributed by atoms with Crippen LogP contribution in [0.1, 0.15) is 17.9 Å². The van der Waals surface area contributed by atoms with Gasteiger partial charge in [0, 0.05) is 23.2 Å². The molecule has 0 radical (unpaired) electrons. The Bertz CT molecular complexity index is 1060. The molecule has 0 spiro atoms. The Morgan fingerprint density at radius 2 is 2.00 bits per heavy atom. The summed E-state index contributed by atoms with van der Waals surface area (Å²) in [5, 5.41) is 2.67. The maximum Gasteiger partial charge on any atom is 0.128 e. The van der Waals surface area contributed by atoms with E-state index < -0.39 is 0 Å². The monoisotopic (exact) mass is 336 g/mol. The molecule has 0 unspecified atom stereocenters. The standard InChI is InChI=1S/C20H20N2OS/c1-21-11-10-13(12-21)18-19-15(7-5-8-16(19)23-2)22-20(18)14-6-3-4-9-17(14)24-22/h3-9,13H,10-12H2,1-2H3/t13-/m0/s1. The average molecular weight is 336 g/mol. The molecule has 4 heteroatoms. The SMILES string of the molecule is COc1cccc2c1c([C@H]1CCN(C)C1)c1c3ccccc3sn21. The Labute approximate surface area is 145 Å². The highest BCUT2D eigenvalue weighted by molar-refractivity contribution is 7.14. The Balaban J connectivity index is 1.96. The first-order valence-corrected chi connectivity index (χ1v) is 9.23. The normalized spacial score (nSPS) is 19.0. The molecule has 0 bridgehead atoms. The number of ether oxygens (including phenoxy) is 1. The van der Waals surface area contributed by atoms with Crippen molar-refractivity contribution in [2.24, 2.45) is 0 Å². The maximum absolute atomic E-state index is 5.74. The second kappa shape index (κ2) is 5.23. The smallest absolute Gasteiger partial charge is 0.128 e. The third-order valence-corrected chi connectivity index (χ3v) is 6.42. The minimum Gasteiger partial charge on any atom is -0.496 e. The zero-order valence-electron chi connectivity index (χ0n) is 14.0. The van der Waals surface area contributed by atoms with Crippen molar-refractivity contribution in [3.05, 3.63) is 48.0 Å². The molecule has 122 valence electrons. The summed E-state index contributed by atoms with van der Waals surface area (Å²) in [6, 6.07) is 15.2. The lowest BCUT2D eigenvalue weighted by Gasteiger charge is -2.12. The van der Waals surface area contributed by atoms with Gasteiger partial charge in [0.25, 0.3) is 0 Å². The van der Waals surface area contributed by atoms with Crippen LogP contribution in [0.15, 0.2) is 42.5 Å². The van der Waals surface area contributed by atoms with Crippen molar-refractivity contribution >= 4 is 38.0 Å². The molecule has 24 heavy (non-hydrogen) atoms. The number of hydrogen-bond acceptors (Lipinski definition) is 3. The predicted octanol–water partition coefficient (Wildman–Crippen LogP) is 4.73. The molecule has 0 amide bonds.